The van der Waals surface area contributed by atoms with Gasteiger partial charge in [0.15, 0.2) is 0 Å². The Morgan fingerprint density at radius 3 is 2.78 bits per heavy atom. The molecule has 2 heterocycles. The highest BCUT2D eigenvalue weighted by Crippen LogP contribution is 2.32. The third kappa shape index (κ3) is 3.68. The van der Waals surface area contributed by atoms with Crippen LogP contribution in [-0.4, -0.2) is 34.7 Å². The first-order valence-electron chi connectivity index (χ1n) is 9.61. The molecule has 1 aliphatic heterocycles. The fraction of sp³-hybridized carbons (Fsp3) is 0.364. The molecule has 0 bridgehead atoms. The summed E-state index contributed by atoms with van der Waals surface area (Å²) in [6.07, 6.45) is 4.73. The number of H-pyrrole nitrogens is 1. The summed E-state index contributed by atoms with van der Waals surface area (Å²) in [5.74, 6) is 1.00. The zero-order valence-corrected chi connectivity index (χ0v) is 15.6. The van der Waals surface area contributed by atoms with Crippen molar-refractivity contribution in [2.24, 2.45) is 0 Å². The standard InChI is InChI=1S/C22H25N3O2/c1-27-17-12-10-16(11-13-17)21-9-3-2-6-14-25(21)22(26)15-20-18-7-4-5-8-19(18)23-24-20/h4-5,7-8,10-13,21H,2-3,6,9,14-15H2,1H3,(H,23,24)/t21-/m1/s1. The predicted molar refractivity (Wildman–Crippen MR) is 106 cm³/mol. The molecule has 0 radical (unpaired) electrons. The Kier molecular flexibility index (Phi) is 5.10. The van der Waals surface area contributed by atoms with Crippen molar-refractivity contribution in [3.05, 3.63) is 59.8 Å². The van der Waals surface area contributed by atoms with E-state index in [1.165, 1.54) is 12.0 Å². The average molecular weight is 363 g/mol. The van der Waals surface area contributed by atoms with E-state index in [0.717, 1.165) is 48.2 Å². The van der Waals surface area contributed by atoms with Crippen molar-refractivity contribution in [1.82, 2.24) is 15.1 Å². The Balaban J connectivity index is 1.58. The topological polar surface area (TPSA) is 58.2 Å². The molecule has 5 nitrogen and oxygen atoms in total. The number of ether oxygens (including phenoxy) is 1. The number of hydrogen-bond acceptors (Lipinski definition) is 3. The van der Waals surface area contributed by atoms with E-state index < -0.39 is 0 Å². The molecule has 0 spiro atoms. The van der Waals surface area contributed by atoms with Gasteiger partial charge in [-0.05, 0) is 36.6 Å². The van der Waals surface area contributed by atoms with Crippen LogP contribution in [0.5, 0.6) is 5.75 Å². The minimum absolute atomic E-state index is 0.125. The number of carbonyl (C=O) groups is 1. The fourth-order valence-corrected chi connectivity index (χ4v) is 3.98. The quantitative estimate of drug-likeness (QED) is 0.753. The molecule has 1 atom stereocenters. The molecule has 1 amide bonds. The molecule has 2 aromatic carbocycles. The number of carbonyl (C=O) groups excluding carboxylic acids is 1. The molecule has 0 unspecified atom stereocenters. The van der Waals surface area contributed by atoms with E-state index in [1.54, 1.807) is 7.11 Å². The Bertz CT molecular complexity index is 917. The molecule has 1 aliphatic rings. The van der Waals surface area contributed by atoms with Crippen LogP contribution in [0.3, 0.4) is 0 Å². The molecule has 0 saturated carbocycles. The Morgan fingerprint density at radius 1 is 1.15 bits per heavy atom. The fourth-order valence-electron chi connectivity index (χ4n) is 3.98. The number of hydrogen-bond donors (Lipinski definition) is 1. The van der Waals surface area contributed by atoms with Crippen LogP contribution >= 0.6 is 0 Å². The molecule has 5 heteroatoms. The number of likely N-dealkylation sites (tertiary alicyclic amines) is 1. The van der Waals surface area contributed by atoms with Crippen molar-refractivity contribution >= 4 is 16.8 Å². The monoisotopic (exact) mass is 363 g/mol. The lowest BCUT2D eigenvalue weighted by Gasteiger charge is -2.30. The highest BCUT2D eigenvalue weighted by molar-refractivity contribution is 5.87. The molecule has 140 valence electrons. The van der Waals surface area contributed by atoms with Crippen molar-refractivity contribution < 1.29 is 9.53 Å². The SMILES string of the molecule is COc1ccc([C@H]2CCCCCN2C(=O)Cc2[nH]nc3ccccc23)cc1. The predicted octanol–water partition coefficient (Wildman–Crippen LogP) is 4.26. The van der Waals surface area contributed by atoms with Gasteiger partial charge < -0.3 is 9.64 Å². The number of para-hydroxylation sites is 1. The molecule has 1 saturated heterocycles. The number of nitrogens with zero attached hydrogens (tertiary/aromatic N) is 2. The summed E-state index contributed by atoms with van der Waals surface area (Å²) in [4.78, 5) is 15.3. The van der Waals surface area contributed by atoms with E-state index in [1.807, 2.05) is 36.4 Å². The molecule has 27 heavy (non-hydrogen) atoms. The zero-order valence-electron chi connectivity index (χ0n) is 15.6. The lowest BCUT2D eigenvalue weighted by molar-refractivity contribution is -0.133. The summed E-state index contributed by atoms with van der Waals surface area (Å²) in [6.45, 7) is 0.807. The molecular weight excluding hydrogens is 338 g/mol. The van der Waals surface area contributed by atoms with E-state index >= 15 is 0 Å². The molecular formula is C22H25N3O2. The van der Waals surface area contributed by atoms with Gasteiger partial charge in [-0.3, -0.25) is 9.89 Å². The van der Waals surface area contributed by atoms with E-state index in [0.29, 0.717) is 6.42 Å². The summed E-state index contributed by atoms with van der Waals surface area (Å²) in [6, 6.07) is 16.2. The summed E-state index contributed by atoms with van der Waals surface area (Å²) in [5.41, 5.74) is 2.98. The Hall–Kier alpha value is -2.82. The van der Waals surface area contributed by atoms with Gasteiger partial charge in [0.1, 0.15) is 5.75 Å². The number of aromatic nitrogens is 2. The van der Waals surface area contributed by atoms with Crippen molar-refractivity contribution in [1.29, 1.82) is 0 Å². The summed E-state index contributed by atoms with van der Waals surface area (Å²) in [7, 11) is 1.67. The second kappa shape index (κ2) is 7.82. The van der Waals surface area contributed by atoms with Gasteiger partial charge in [0.05, 0.1) is 30.8 Å². The minimum Gasteiger partial charge on any atom is -0.497 e. The number of aromatic amines is 1. The average Bonchev–Trinajstić information content (AvgIpc) is 2.95. The van der Waals surface area contributed by atoms with Crippen LogP contribution in [0.15, 0.2) is 48.5 Å². The highest BCUT2D eigenvalue weighted by Gasteiger charge is 2.27. The molecule has 3 aromatic rings. The van der Waals surface area contributed by atoms with Crippen molar-refractivity contribution in [2.75, 3.05) is 13.7 Å². The Morgan fingerprint density at radius 2 is 1.96 bits per heavy atom. The van der Waals surface area contributed by atoms with Gasteiger partial charge in [0.25, 0.3) is 0 Å². The minimum atomic E-state index is 0.125. The van der Waals surface area contributed by atoms with Crippen LogP contribution in [0.4, 0.5) is 0 Å². The zero-order chi connectivity index (χ0) is 18.6. The second-order valence-corrected chi connectivity index (χ2v) is 7.12. The van der Waals surface area contributed by atoms with Crippen molar-refractivity contribution in [3.63, 3.8) is 0 Å². The lowest BCUT2D eigenvalue weighted by Crippen LogP contribution is -2.36. The van der Waals surface area contributed by atoms with Gasteiger partial charge >= 0.3 is 0 Å². The van der Waals surface area contributed by atoms with Crippen LogP contribution in [0.1, 0.15) is 43.0 Å². The molecule has 1 N–H and O–H groups in total. The largest absolute Gasteiger partial charge is 0.497 e. The summed E-state index contributed by atoms with van der Waals surface area (Å²) < 4.78 is 5.27. The highest BCUT2D eigenvalue weighted by atomic mass is 16.5. The van der Waals surface area contributed by atoms with Crippen LogP contribution in [0.25, 0.3) is 10.9 Å². The van der Waals surface area contributed by atoms with Gasteiger partial charge in [-0.25, -0.2) is 0 Å². The van der Waals surface area contributed by atoms with Gasteiger partial charge in [-0.15, -0.1) is 0 Å². The smallest absolute Gasteiger partial charge is 0.229 e. The third-order valence-corrected chi connectivity index (χ3v) is 5.44. The maximum atomic E-state index is 13.2. The summed E-state index contributed by atoms with van der Waals surface area (Å²) >= 11 is 0. The van der Waals surface area contributed by atoms with Crippen molar-refractivity contribution in [2.45, 2.75) is 38.1 Å². The van der Waals surface area contributed by atoms with Gasteiger partial charge in [-0.1, -0.05) is 43.2 Å². The van der Waals surface area contributed by atoms with E-state index in [4.69, 9.17) is 4.74 Å². The first-order valence-corrected chi connectivity index (χ1v) is 9.61. The number of benzene rings is 2. The first-order chi connectivity index (χ1) is 13.3. The Labute approximate surface area is 159 Å². The van der Waals surface area contributed by atoms with Crippen LogP contribution in [0.2, 0.25) is 0 Å². The van der Waals surface area contributed by atoms with E-state index in [-0.39, 0.29) is 11.9 Å². The lowest BCUT2D eigenvalue weighted by atomic mass is 10.00. The van der Waals surface area contributed by atoms with Gasteiger partial charge in [-0.2, -0.15) is 5.10 Å². The number of amides is 1. The number of methoxy groups -OCH3 is 1. The second-order valence-electron chi connectivity index (χ2n) is 7.12. The van der Waals surface area contributed by atoms with Crippen LogP contribution in [-0.2, 0) is 11.2 Å². The van der Waals surface area contributed by atoms with Crippen molar-refractivity contribution in [3.8, 4) is 5.75 Å². The molecule has 1 aromatic heterocycles. The number of fused-ring (bicyclic) bond motifs is 1. The maximum Gasteiger partial charge on any atom is 0.229 e. The molecule has 1 fully saturated rings. The van der Waals surface area contributed by atoms with Crippen LogP contribution in [0, 0.1) is 0 Å². The van der Waals surface area contributed by atoms with E-state index in [9.17, 15) is 4.79 Å². The van der Waals surface area contributed by atoms with Gasteiger partial charge in [0.2, 0.25) is 5.91 Å². The number of nitrogens with one attached hydrogen (secondary N) is 1. The van der Waals surface area contributed by atoms with Gasteiger partial charge in [0, 0.05) is 11.9 Å². The maximum absolute atomic E-state index is 13.2. The summed E-state index contributed by atoms with van der Waals surface area (Å²) in [5, 5.41) is 8.41. The molecule has 0 aliphatic carbocycles. The third-order valence-electron chi connectivity index (χ3n) is 5.44. The number of rotatable bonds is 4. The van der Waals surface area contributed by atoms with Crippen LogP contribution < -0.4 is 4.74 Å². The van der Waals surface area contributed by atoms with E-state index in [2.05, 4.69) is 27.2 Å². The molecule has 4 rings (SSSR count). The first kappa shape index (κ1) is 17.6. The normalized spacial score (nSPS) is 17.7.